The monoisotopic (exact) mass is 495 g/mol. The number of halogens is 2. The first-order chi connectivity index (χ1) is 13.1. The van der Waals surface area contributed by atoms with Gasteiger partial charge in [-0.3, -0.25) is 4.99 Å². The third kappa shape index (κ3) is 5.67. The van der Waals surface area contributed by atoms with Crippen LogP contribution in [0.15, 0.2) is 47.5 Å². The molecule has 2 aromatic carbocycles. The molecule has 1 unspecified atom stereocenters. The molecule has 0 radical (unpaired) electrons. The maximum Gasteiger partial charge on any atom is 0.191 e. The molecular weight excluding hydrogens is 468 g/mol. The van der Waals surface area contributed by atoms with E-state index in [0.29, 0.717) is 18.1 Å². The quantitative estimate of drug-likeness (QED) is 0.268. The first kappa shape index (κ1) is 22.1. The summed E-state index contributed by atoms with van der Waals surface area (Å²) < 4.78 is 13.8. The first-order valence-corrected chi connectivity index (χ1v) is 9.31. The number of hydrogen-bond donors (Lipinski definition) is 3. The van der Waals surface area contributed by atoms with Crippen molar-refractivity contribution in [2.24, 2.45) is 4.99 Å². The van der Waals surface area contributed by atoms with Crippen LogP contribution in [0, 0.1) is 12.7 Å². The number of fused-ring (bicyclic) bond motifs is 1. The Balaban J connectivity index is 0.00000280. The van der Waals surface area contributed by atoms with Crippen LogP contribution in [-0.2, 0) is 6.42 Å². The number of hydrogen-bond acceptors (Lipinski definition) is 2. The number of aromatic nitrogens is 2. The second-order valence-electron chi connectivity index (χ2n) is 6.59. The molecule has 0 aliphatic carbocycles. The summed E-state index contributed by atoms with van der Waals surface area (Å²) in [7, 11) is 0. The first-order valence-electron chi connectivity index (χ1n) is 9.31. The summed E-state index contributed by atoms with van der Waals surface area (Å²) in [6.07, 6.45) is 0.721. The van der Waals surface area contributed by atoms with Crippen molar-refractivity contribution >= 4 is 41.0 Å². The maximum absolute atomic E-state index is 13.8. The van der Waals surface area contributed by atoms with Crippen LogP contribution in [0.25, 0.3) is 11.0 Å². The number of imidazole rings is 1. The summed E-state index contributed by atoms with van der Waals surface area (Å²) in [5, 5.41) is 6.57. The van der Waals surface area contributed by atoms with Crippen molar-refractivity contribution in [2.45, 2.75) is 33.2 Å². The van der Waals surface area contributed by atoms with Gasteiger partial charge in [0.25, 0.3) is 0 Å². The number of para-hydroxylation sites is 2. The zero-order valence-corrected chi connectivity index (χ0v) is 18.8. The van der Waals surface area contributed by atoms with E-state index >= 15 is 0 Å². The fourth-order valence-electron chi connectivity index (χ4n) is 2.88. The average molecular weight is 495 g/mol. The number of aromatic amines is 1. The average Bonchev–Trinajstić information content (AvgIpc) is 3.06. The van der Waals surface area contributed by atoms with Gasteiger partial charge in [-0.1, -0.05) is 24.3 Å². The van der Waals surface area contributed by atoms with Gasteiger partial charge in [0.15, 0.2) is 5.96 Å². The number of H-pyrrole nitrogens is 1. The van der Waals surface area contributed by atoms with E-state index in [9.17, 15) is 4.39 Å². The smallest absolute Gasteiger partial charge is 0.191 e. The number of benzene rings is 2. The van der Waals surface area contributed by atoms with Crippen molar-refractivity contribution < 1.29 is 4.39 Å². The van der Waals surface area contributed by atoms with Crippen LogP contribution in [0.5, 0.6) is 0 Å². The lowest BCUT2D eigenvalue weighted by Crippen LogP contribution is -2.39. The molecule has 3 N–H and O–H groups in total. The van der Waals surface area contributed by atoms with Crippen LogP contribution in [0.1, 0.15) is 36.8 Å². The molecule has 7 heteroatoms. The Hall–Kier alpha value is -2.16. The molecule has 3 aromatic rings. The summed E-state index contributed by atoms with van der Waals surface area (Å²) in [5.41, 5.74) is 3.55. The van der Waals surface area contributed by atoms with Gasteiger partial charge >= 0.3 is 0 Å². The summed E-state index contributed by atoms with van der Waals surface area (Å²) in [5.74, 6) is 1.44. The van der Waals surface area contributed by atoms with E-state index in [4.69, 9.17) is 0 Å². The van der Waals surface area contributed by atoms with E-state index < -0.39 is 0 Å². The van der Waals surface area contributed by atoms with Crippen LogP contribution >= 0.6 is 24.0 Å². The molecule has 0 aliphatic heterocycles. The van der Waals surface area contributed by atoms with E-state index in [1.165, 1.54) is 0 Å². The number of guanidine groups is 1. The van der Waals surface area contributed by atoms with E-state index in [1.54, 1.807) is 19.1 Å². The number of aryl methyl sites for hydroxylation is 1. The third-order valence-electron chi connectivity index (χ3n) is 4.45. The van der Waals surface area contributed by atoms with E-state index in [2.05, 4.69) is 25.6 Å². The van der Waals surface area contributed by atoms with Gasteiger partial charge in [-0.25, -0.2) is 9.37 Å². The van der Waals surface area contributed by atoms with Gasteiger partial charge in [-0.15, -0.1) is 24.0 Å². The van der Waals surface area contributed by atoms with Crippen LogP contribution in [0.2, 0.25) is 0 Å². The summed E-state index contributed by atoms with van der Waals surface area (Å²) >= 11 is 0. The Morgan fingerprint density at radius 3 is 2.75 bits per heavy atom. The van der Waals surface area contributed by atoms with Crippen molar-refractivity contribution in [3.63, 3.8) is 0 Å². The highest BCUT2D eigenvalue weighted by atomic mass is 127. The van der Waals surface area contributed by atoms with Gasteiger partial charge in [0.05, 0.1) is 17.1 Å². The summed E-state index contributed by atoms with van der Waals surface area (Å²) in [4.78, 5) is 12.5. The van der Waals surface area contributed by atoms with Gasteiger partial charge in [0, 0.05) is 19.5 Å². The second-order valence-corrected chi connectivity index (χ2v) is 6.59. The number of aliphatic imine (C=N–C) groups is 1. The number of nitrogens with one attached hydrogen (secondary N) is 3. The molecule has 0 saturated heterocycles. The summed E-state index contributed by atoms with van der Waals surface area (Å²) in [6, 6.07) is 13.2. The summed E-state index contributed by atoms with van der Waals surface area (Å²) in [6.45, 7) is 7.14. The van der Waals surface area contributed by atoms with E-state index in [-0.39, 0.29) is 35.8 Å². The van der Waals surface area contributed by atoms with Gasteiger partial charge < -0.3 is 15.6 Å². The lowest BCUT2D eigenvalue weighted by Gasteiger charge is -2.18. The van der Waals surface area contributed by atoms with E-state index in [0.717, 1.165) is 35.4 Å². The second kappa shape index (κ2) is 10.4. The Labute approximate surface area is 182 Å². The Kier molecular flexibility index (Phi) is 8.22. The molecule has 150 valence electrons. The van der Waals surface area contributed by atoms with Crippen LogP contribution in [-0.4, -0.2) is 29.0 Å². The molecule has 1 heterocycles. The number of nitrogens with zero attached hydrogens (tertiary/aromatic N) is 2. The Bertz CT molecular complexity index is 904. The molecule has 0 amide bonds. The molecule has 0 aliphatic rings. The fourth-order valence-corrected chi connectivity index (χ4v) is 2.88. The molecule has 3 rings (SSSR count). The lowest BCUT2D eigenvalue weighted by molar-refractivity contribution is 0.607. The molecule has 5 nitrogen and oxygen atoms in total. The molecule has 1 atom stereocenters. The largest absolute Gasteiger partial charge is 0.357 e. The van der Waals surface area contributed by atoms with Gasteiger partial charge in [-0.05, 0) is 50.1 Å². The standard InChI is InChI=1S/C21H26FN5.HI/c1-4-23-21(25-15(3)16-10-9-14(2)17(22)13-16)24-12-11-20-26-18-7-5-6-8-19(18)27-20;/h5-10,13,15H,4,11-12H2,1-3H3,(H,26,27)(H2,23,24,25);1H. The molecule has 0 saturated carbocycles. The van der Waals surface area contributed by atoms with Crippen molar-refractivity contribution in [3.05, 3.63) is 65.2 Å². The zero-order chi connectivity index (χ0) is 19.2. The van der Waals surface area contributed by atoms with Crippen LogP contribution in [0.3, 0.4) is 0 Å². The van der Waals surface area contributed by atoms with Gasteiger partial charge in [0.1, 0.15) is 11.6 Å². The highest BCUT2D eigenvalue weighted by Crippen LogP contribution is 2.16. The highest BCUT2D eigenvalue weighted by Gasteiger charge is 2.10. The topological polar surface area (TPSA) is 65.1 Å². The Morgan fingerprint density at radius 2 is 2.04 bits per heavy atom. The van der Waals surface area contributed by atoms with Crippen LogP contribution < -0.4 is 10.6 Å². The van der Waals surface area contributed by atoms with Crippen molar-refractivity contribution in [1.82, 2.24) is 20.6 Å². The SMILES string of the molecule is CCNC(=NCCc1nc2ccccc2[nH]1)NC(C)c1ccc(C)c(F)c1.I. The third-order valence-corrected chi connectivity index (χ3v) is 4.45. The van der Waals surface area contributed by atoms with Crippen LogP contribution in [0.4, 0.5) is 4.39 Å². The van der Waals surface area contributed by atoms with Gasteiger partial charge in [0.2, 0.25) is 0 Å². The molecule has 1 aromatic heterocycles. The fraction of sp³-hybridized carbons (Fsp3) is 0.333. The molecule has 0 spiro atoms. The van der Waals surface area contributed by atoms with Crippen molar-refractivity contribution in [3.8, 4) is 0 Å². The van der Waals surface area contributed by atoms with Crippen molar-refractivity contribution in [1.29, 1.82) is 0 Å². The highest BCUT2D eigenvalue weighted by molar-refractivity contribution is 14.0. The minimum atomic E-state index is -0.187. The maximum atomic E-state index is 13.8. The molecule has 0 bridgehead atoms. The minimum absolute atomic E-state index is 0. The zero-order valence-electron chi connectivity index (χ0n) is 16.4. The normalized spacial score (nSPS) is 12.5. The predicted molar refractivity (Wildman–Crippen MR) is 124 cm³/mol. The van der Waals surface area contributed by atoms with E-state index in [1.807, 2.05) is 44.2 Å². The predicted octanol–water partition coefficient (Wildman–Crippen LogP) is 4.49. The molecular formula is C21H27FIN5. The lowest BCUT2D eigenvalue weighted by atomic mass is 10.1. The minimum Gasteiger partial charge on any atom is -0.357 e. The van der Waals surface area contributed by atoms with Crippen molar-refractivity contribution in [2.75, 3.05) is 13.1 Å². The van der Waals surface area contributed by atoms with Gasteiger partial charge in [-0.2, -0.15) is 0 Å². The molecule has 28 heavy (non-hydrogen) atoms. The molecule has 0 fully saturated rings. The Morgan fingerprint density at radius 1 is 1.25 bits per heavy atom. The number of rotatable bonds is 6.